The number of ether oxygens (including phenoxy) is 1. The van der Waals surface area contributed by atoms with Crippen LogP contribution in [0, 0.1) is 19.3 Å². The third-order valence-electron chi connectivity index (χ3n) is 5.35. The molecule has 1 aromatic carbocycles. The number of nitrogens with one attached hydrogen (secondary N) is 2. The molecule has 1 fully saturated rings. The highest BCUT2D eigenvalue weighted by Crippen LogP contribution is 2.31. The Bertz CT molecular complexity index is 701. The van der Waals surface area contributed by atoms with E-state index in [4.69, 9.17) is 4.74 Å². The number of benzene rings is 1. The predicted octanol–water partition coefficient (Wildman–Crippen LogP) is 2.90. The second-order valence-electron chi connectivity index (χ2n) is 8.70. The highest BCUT2D eigenvalue weighted by atomic mass is 32.2. The summed E-state index contributed by atoms with van der Waals surface area (Å²) in [5.74, 6) is 0. The molecule has 2 rings (SSSR count). The molecule has 0 aliphatic carbocycles. The number of rotatable bonds is 6. The zero-order chi connectivity index (χ0) is 19.6. The molecule has 0 spiro atoms. The Morgan fingerprint density at radius 2 is 1.69 bits per heavy atom. The van der Waals surface area contributed by atoms with E-state index in [1.165, 1.54) is 0 Å². The summed E-state index contributed by atoms with van der Waals surface area (Å²) < 4.78 is 34.4. The quantitative estimate of drug-likeness (QED) is 0.794. The highest BCUT2D eigenvalue weighted by molar-refractivity contribution is 7.89. The lowest BCUT2D eigenvalue weighted by atomic mass is 9.80. The first-order valence-corrected chi connectivity index (χ1v) is 10.8. The number of hydrogen-bond donors (Lipinski definition) is 2. The van der Waals surface area contributed by atoms with Crippen LogP contribution < -0.4 is 10.0 Å². The Balaban J connectivity index is 2.27. The SMILES string of the molecule is COCC1(CNS(=O)(=O)c2c(C)cc(C(C)(C)C)cc2C)CCNCC1. The fourth-order valence-corrected chi connectivity index (χ4v) is 5.37. The summed E-state index contributed by atoms with van der Waals surface area (Å²) in [5, 5.41) is 3.33. The van der Waals surface area contributed by atoms with Gasteiger partial charge in [0.25, 0.3) is 0 Å². The van der Waals surface area contributed by atoms with Crippen molar-refractivity contribution in [1.82, 2.24) is 10.0 Å². The fourth-order valence-electron chi connectivity index (χ4n) is 3.76. The number of methoxy groups -OCH3 is 1. The van der Waals surface area contributed by atoms with E-state index in [9.17, 15) is 8.42 Å². The lowest BCUT2D eigenvalue weighted by Crippen LogP contribution is -2.47. The number of hydrogen-bond acceptors (Lipinski definition) is 4. The van der Waals surface area contributed by atoms with Crippen molar-refractivity contribution in [3.63, 3.8) is 0 Å². The zero-order valence-electron chi connectivity index (χ0n) is 17.0. The van der Waals surface area contributed by atoms with Gasteiger partial charge in [-0.3, -0.25) is 0 Å². The molecule has 5 nitrogen and oxygen atoms in total. The van der Waals surface area contributed by atoms with Gasteiger partial charge in [0.1, 0.15) is 0 Å². The maximum absolute atomic E-state index is 13.1. The van der Waals surface area contributed by atoms with Crippen LogP contribution in [0.25, 0.3) is 0 Å². The molecule has 0 amide bonds. The Labute approximate surface area is 159 Å². The Morgan fingerprint density at radius 3 is 2.15 bits per heavy atom. The monoisotopic (exact) mass is 382 g/mol. The standard InChI is InChI=1S/C20H34N2O3S/c1-15-11-17(19(3,4)5)12-16(2)18(15)26(23,24)22-13-20(14-25-6)7-9-21-10-8-20/h11-12,21-22H,7-10,13-14H2,1-6H3. The van der Waals surface area contributed by atoms with E-state index in [2.05, 4.69) is 30.8 Å². The molecule has 0 unspecified atom stereocenters. The van der Waals surface area contributed by atoms with Crippen molar-refractivity contribution in [2.45, 2.75) is 57.8 Å². The van der Waals surface area contributed by atoms with Gasteiger partial charge in [0.2, 0.25) is 10.0 Å². The third kappa shape index (κ3) is 4.85. The van der Waals surface area contributed by atoms with Gasteiger partial charge in [-0.2, -0.15) is 0 Å². The van der Waals surface area contributed by atoms with Crippen LogP contribution in [0.4, 0.5) is 0 Å². The normalized spacial score (nSPS) is 18.1. The molecular formula is C20H34N2O3S. The average Bonchev–Trinajstić information content (AvgIpc) is 2.53. The van der Waals surface area contributed by atoms with Crippen LogP contribution in [0.2, 0.25) is 0 Å². The first kappa shape index (κ1) is 21.4. The van der Waals surface area contributed by atoms with Crippen LogP contribution in [-0.2, 0) is 20.2 Å². The van der Waals surface area contributed by atoms with Crippen molar-refractivity contribution < 1.29 is 13.2 Å². The van der Waals surface area contributed by atoms with Gasteiger partial charge in [0.15, 0.2) is 0 Å². The van der Waals surface area contributed by atoms with E-state index >= 15 is 0 Å². The van der Waals surface area contributed by atoms with Gasteiger partial charge >= 0.3 is 0 Å². The lowest BCUT2D eigenvalue weighted by Gasteiger charge is -2.37. The number of aryl methyl sites for hydroxylation is 2. The van der Waals surface area contributed by atoms with Crippen molar-refractivity contribution in [3.8, 4) is 0 Å². The second-order valence-corrected chi connectivity index (χ2v) is 10.4. The van der Waals surface area contributed by atoms with Crippen LogP contribution in [0.5, 0.6) is 0 Å². The van der Waals surface area contributed by atoms with Crippen LogP contribution in [0.3, 0.4) is 0 Å². The smallest absolute Gasteiger partial charge is 0.241 e. The van der Waals surface area contributed by atoms with Gasteiger partial charge in [0.05, 0.1) is 11.5 Å². The Hall–Kier alpha value is -0.950. The molecule has 1 aliphatic rings. The lowest BCUT2D eigenvalue weighted by molar-refractivity contribution is 0.0577. The van der Waals surface area contributed by atoms with E-state index in [0.29, 0.717) is 18.0 Å². The van der Waals surface area contributed by atoms with Crippen molar-refractivity contribution in [2.75, 3.05) is 33.4 Å². The van der Waals surface area contributed by atoms with Gasteiger partial charge in [-0.05, 0) is 61.9 Å². The summed E-state index contributed by atoms with van der Waals surface area (Å²) in [6, 6.07) is 3.99. The highest BCUT2D eigenvalue weighted by Gasteiger charge is 2.34. The summed E-state index contributed by atoms with van der Waals surface area (Å²) in [5.41, 5.74) is 2.60. The summed E-state index contributed by atoms with van der Waals surface area (Å²) in [6.45, 7) is 12.9. The Kier molecular flexibility index (Phi) is 6.54. The van der Waals surface area contributed by atoms with E-state index < -0.39 is 10.0 Å². The molecule has 148 valence electrons. The Morgan fingerprint density at radius 1 is 1.15 bits per heavy atom. The molecule has 1 aromatic rings. The van der Waals surface area contributed by atoms with Crippen molar-refractivity contribution in [3.05, 3.63) is 28.8 Å². The molecule has 0 saturated carbocycles. The molecule has 0 aromatic heterocycles. The van der Waals surface area contributed by atoms with Gasteiger partial charge in [-0.1, -0.05) is 32.9 Å². The molecule has 2 N–H and O–H groups in total. The van der Waals surface area contributed by atoms with E-state index in [0.717, 1.165) is 42.6 Å². The van der Waals surface area contributed by atoms with Gasteiger partial charge < -0.3 is 10.1 Å². The van der Waals surface area contributed by atoms with Gasteiger partial charge in [-0.15, -0.1) is 0 Å². The topological polar surface area (TPSA) is 67.4 Å². The summed E-state index contributed by atoms with van der Waals surface area (Å²) in [6.07, 6.45) is 1.81. The van der Waals surface area contributed by atoms with Crippen LogP contribution in [0.1, 0.15) is 50.3 Å². The van der Waals surface area contributed by atoms with E-state index in [-0.39, 0.29) is 10.8 Å². The van der Waals surface area contributed by atoms with Crippen LogP contribution >= 0.6 is 0 Å². The maximum atomic E-state index is 13.1. The first-order valence-electron chi connectivity index (χ1n) is 9.32. The van der Waals surface area contributed by atoms with E-state index in [1.807, 2.05) is 26.0 Å². The molecule has 0 radical (unpaired) electrons. The number of sulfonamides is 1. The second kappa shape index (κ2) is 7.97. The third-order valence-corrected chi connectivity index (χ3v) is 7.05. The van der Waals surface area contributed by atoms with E-state index in [1.54, 1.807) is 7.11 Å². The van der Waals surface area contributed by atoms with Crippen LogP contribution in [-0.4, -0.2) is 41.8 Å². The molecular weight excluding hydrogens is 348 g/mol. The molecule has 6 heteroatoms. The number of piperidine rings is 1. The van der Waals surface area contributed by atoms with Crippen molar-refractivity contribution >= 4 is 10.0 Å². The molecule has 1 saturated heterocycles. The molecule has 26 heavy (non-hydrogen) atoms. The van der Waals surface area contributed by atoms with Crippen LogP contribution in [0.15, 0.2) is 17.0 Å². The zero-order valence-corrected chi connectivity index (χ0v) is 17.8. The molecule has 1 heterocycles. The molecule has 0 atom stereocenters. The van der Waals surface area contributed by atoms with Crippen molar-refractivity contribution in [1.29, 1.82) is 0 Å². The minimum absolute atomic E-state index is 0.0111. The molecule has 1 aliphatic heterocycles. The summed E-state index contributed by atoms with van der Waals surface area (Å²) in [7, 11) is -1.89. The first-order chi connectivity index (χ1) is 12.0. The summed E-state index contributed by atoms with van der Waals surface area (Å²) >= 11 is 0. The fraction of sp³-hybridized carbons (Fsp3) is 0.700. The maximum Gasteiger partial charge on any atom is 0.241 e. The largest absolute Gasteiger partial charge is 0.384 e. The van der Waals surface area contributed by atoms with Gasteiger partial charge in [-0.25, -0.2) is 13.1 Å². The van der Waals surface area contributed by atoms with Crippen molar-refractivity contribution in [2.24, 2.45) is 5.41 Å². The minimum Gasteiger partial charge on any atom is -0.384 e. The molecule has 0 bridgehead atoms. The minimum atomic E-state index is -3.57. The van der Waals surface area contributed by atoms with Gasteiger partial charge in [0, 0.05) is 19.1 Å². The summed E-state index contributed by atoms with van der Waals surface area (Å²) in [4.78, 5) is 0.409. The average molecular weight is 383 g/mol. The predicted molar refractivity (Wildman–Crippen MR) is 106 cm³/mol.